The van der Waals surface area contributed by atoms with Crippen LogP contribution >= 0.6 is 11.6 Å². The van der Waals surface area contributed by atoms with Crippen molar-refractivity contribution in [3.8, 4) is 0 Å². The Morgan fingerprint density at radius 2 is 1.82 bits per heavy atom. The maximum absolute atomic E-state index is 12.0. The first-order valence-electron chi connectivity index (χ1n) is 9.43. The number of amidine groups is 1. The number of carbonyl (C=O) groups excluding carboxylic acids is 1. The zero-order valence-electron chi connectivity index (χ0n) is 15.7. The molecule has 1 aliphatic heterocycles. The molecule has 0 unspecified atom stereocenters. The van der Waals surface area contributed by atoms with Gasteiger partial charge in [-0.05, 0) is 55.8 Å². The van der Waals surface area contributed by atoms with Crippen LogP contribution in [0.4, 0.5) is 5.69 Å². The highest BCUT2D eigenvalue weighted by Gasteiger charge is 2.14. The van der Waals surface area contributed by atoms with E-state index >= 15 is 0 Å². The number of nitrogens with zero attached hydrogens (tertiary/aromatic N) is 2. The Hall–Kier alpha value is -2.57. The van der Waals surface area contributed by atoms with Crippen LogP contribution in [0.2, 0.25) is 5.02 Å². The number of hydrogen-bond donors (Lipinski definition) is 2. The molecular formula is C21H25ClN4O2. The third kappa shape index (κ3) is 5.97. The van der Waals surface area contributed by atoms with E-state index in [0.29, 0.717) is 10.7 Å². The molecule has 0 saturated carbocycles. The molecule has 0 aromatic heterocycles. The van der Waals surface area contributed by atoms with Gasteiger partial charge in [0.25, 0.3) is 5.91 Å². The number of piperidine rings is 1. The van der Waals surface area contributed by atoms with Crippen LogP contribution in [0.15, 0.2) is 53.7 Å². The Balaban J connectivity index is 1.55. The lowest BCUT2D eigenvalue weighted by Crippen LogP contribution is -2.30. The number of anilines is 1. The number of benzene rings is 2. The van der Waals surface area contributed by atoms with Gasteiger partial charge in [0, 0.05) is 22.8 Å². The van der Waals surface area contributed by atoms with Gasteiger partial charge in [0.05, 0.1) is 0 Å². The van der Waals surface area contributed by atoms with Crippen molar-refractivity contribution >= 4 is 29.0 Å². The van der Waals surface area contributed by atoms with E-state index in [4.69, 9.17) is 22.2 Å². The van der Waals surface area contributed by atoms with Crippen LogP contribution in [0, 0.1) is 0 Å². The lowest BCUT2D eigenvalue weighted by atomic mass is 10.0. The molecule has 0 aliphatic carbocycles. The molecule has 3 rings (SSSR count). The second-order valence-electron chi connectivity index (χ2n) is 6.80. The standard InChI is InChI=1S/C21H25ClN4O2/c22-17-8-10-18(11-9-17)24-20(27)15-28-25-21(23)19-7-3-2-6-16(19)14-26-12-4-1-5-13-26/h2-3,6-11H,1,4-5,12-15H2,(H2,23,25)(H,24,27). The molecule has 1 amide bonds. The summed E-state index contributed by atoms with van der Waals surface area (Å²) in [4.78, 5) is 19.5. The first-order valence-corrected chi connectivity index (χ1v) is 9.81. The molecule has 1 saturated heterocycles. The average Bonchev–Trinajstić information content (AvgIpc) is 2.71. The molecule has 7 heteroatoms. The quantitative estimate of drug-likeness (QED) is 0.422. The van der Waals surface area contributed by atoms with E-state index in [9.17, 15) is 4.79 Å². The highest BCUT2D eigenvalue weighted by atomic mass is 35.5. The number of hydrogen-bond acceptors (Lipinski definition) is 4. The minimum absolute atomic E-state index is 0.225. The topological polar surface area (TPSA) is 80.0 Å². The summed E-state index contributed by atoms with van der Waals surface area (Å²) in [5.41, 5.74) is 8.71. The van der Waals surface area contributed by atoms with Gasteiger partial charge in [0.2, 0.25) is 0 Å². The Bertz CT molecular complexity index is 817. The van der Waals surface area contributed by atoms with Crippen LogP contribution in [0.1, 0.15) is 30.4 Å². The van der Waals surface area contributed by atoms with Crippen LogP contribution in [-0.4, -0.2) is 36.3 Å². The molecule has 6 nitrogen and oxygen atoms in total. The number of halogens is 1. The molecule has 0 atom stereocenters. The summed E-state index contributed by atoms with van der Waals surface area (Å²) >= 11 is 5.83. The van der Waals surface area contributed by atoms with Crippen LogP contribution in [0.25, 0.3) is 0 Å². The Kier molecular flexibility index (Phi) is 7.28. The fraction of sp³-hybridized carbons (Fsp3) is 0.333. The number of rotatable bonds is 7. The van der Waals surface area contributed by atoms with E-state index in [-0.39, 0.29) is 18.3 Å². The van der Waals surface area contributed by atoms with E-state index in [1.54, 1.807) is 24.3 Å². The molecule has 0 bridgehead atoms. The van der Waals surface area contributed by atoms with Gasteiger partial charge in [0.1, 0.15) is 0 Å². The molecule has 148 valence electrons. The van der Waals surface area contributed by atoms with E-state index in [1.807, 2.05) is 18.2 Å². The Morgan fingerprint density at radius 1 is 1.11 bits per heavy atom. The third-order valence-electron chi connectivity index (χ3n) is 4.62. The van der Waals surface area contributed by atoms with Crippen molar-refractivity contribution in [1.29, 1.82) is 0 Å². The second-order valence-corrected chi connectivity index (χ2v) is 7.24. The highest BCUT2D eigenvalue weighted by molar-refractivity contribution is 6.30. The molecule has 0 spiro atoms. The summed E-state index contributed by atoms with van der Waals surface area (Å²) in [6, 6.07) is 14.7. The molecule has 28 heavy (non-hydrogen) atoms. The van der Waals surface area contributed by atoms with Crippen LogP contribution < -0.4 is 11.1 Å². The summed E-state index contributed by atoms with van der Waals surface area (Å²) in [5.74, 6) is -0.0487. The molecule has 2 aromatic rings. The summed E-state index contributed by atoms with van der Waals surface area (Å²) in [6.07, 6.45) is 3.77. The molecular weight excluding hydrogens is 376 g/mol. The molecule has 2 aromatic carbocycles. The summed E-state index contributed by atoms with van der Waals surface area (Å²) in [5, 5.41) is 7.25. The van der Waals surface area contributed by atoms with Crippen molar-refractivity contribution in [2.45, 2.75) is 25.8 Å². The van der Waals surface area contributed by atoms with Crippen LogP contribution in [0.5, 0.6) is 0 Å². The van der Waals surface area contributed by atoms with Crippen molar-refractivity contribution in [3.05, 3.63) is 64.7 Å². The largest absolute Gasteiger partial charge is 0.384 e. The monoisotopic (exact) mass is 400 g/mol. The van der Waals surface area contributed by atoms with Crippen LogP contribution in [-0.2, 0) is 16.2 Å². The minimum atomic E-state index is -0.319. The minimum Gasteiger partial charge on any atom is -0.384 e. The van der Waals surface area contributed by atoms with Crippen molar-refractivity contribution in [2.75, 3.05) is 25.0 Å². The highest BCUT2D eigenvalue weighted by Crippen LogP contribution is 2.16. The maximum Gasteiger partial charge on any atom is 0.265 e. The Labute approximate surface area is 170 Å². The number of likely N-dealkylation sites (tertiary alicyclic amines) is 1. The lowest BCUT2D eigenvalue weighted by Gasteiger charge is -2.27. The first-order chi connectivity index (χ1) is 13.6. The van der Waals surface area contributed by atoms with Gasteiger partial charge in [-0.25, -0.2) is 0 Å². The van der Waals surface area contributed by atoms with E-state index in [1.165, 1.54) is 19.3 Å². The SMILES string of the molecule is N/C(=N\OCC(=O)Nc1ccc(Cl)cc1)c1ccccc1CN1CCCCC1. The summed E-state index contributed by atoms with van der Waals surface area (Å²) in [7, 11) is 0. The zero-order chi connectivity index (χ0) is 19.8. The molecule has 1 heterocycles. The van der Waals surface area contributed by atoms with Crippen molar-refractivity contribution in [2.24, 2.45) is 10.9 Å². The molecule has 0 radical (unpaired) electrons. The molecule has 1 fully saturated rings. The predicted octanol–water partition coefficient (Wildman–Crippen LogP) is 3.60. The smallest absolute Gasteiger partial charge is 0.265 e. The third-order valence-corrected chi connectivity index (χ3v) is 4.87. The predicted molar refractivity (Wildman–Crippen MR) is 112 cm³/mol. The van der Waals surface area contributed by atoms with Crippen molar-refractivity contribution in [3.63, 3.8) is 0 Å². The molecule has 1 aliphatic rings. The van der Waals surface area contributed by atoms with Crippen molar-refractivity contribution < 1.29 is 9.63 Å². The van der Waals surface area contributed by atoms with Gasteiger partial charge in [-0.15, -0.1) is 0 Å². The number of nitrogens with two attached hydrogens (primary N) is 1. The summed E-state index contributed by atoms with van der Waals surface area (Å²) in [6.45, 7) is 2.82. The lowest BCUT2D eigenvalue weighted by molar-refractivity contribution is -0.120. The van der Waals surface area contributed by atoms with Gasteiger partial charge < -0.3 is 15.9 Å². The number of nitrogens with one attached hydrogen (secondary N) is 1. The van der Waals surface area contributed by atoms with Gasteiger partial charge in [-0.3, -0.25) is 9.69 Å². The first kappa shape index (κ1) is 20.2. The van der Waals surface area contributed by atoms with Gasteiger partial charge in [-0.1, -0.05) is 47.4 Å². The van der Waals surface area contributed by atoms with Crippen LogP contribution in [0.3, 0.4) is 0 Å². The normalized spacial score (nSPS) is 15.2. The van der Waals surface area contributed by atoms with Gasteiger partial charge >= 0.3 is 0 Å². The van der Waals surface area contributed by atoms with E-state index in [2.05, 4.69) is 21.4 Å². The molecule has 3 N–H and O–H groups in total. The van der Waals surface area contributed by atoms with Gasteiger partial charge in [0.15, 0.2) is 12.4 Å². The van der Waals surface area contributed by atoms with E-state index in [0.717, 1.165) is 30.8 Å². The zero-order valence-corrected chi connectivity index (χ0v) is 16.5. The number of carbonyl (C=O) groups is 1. The average molecular weight is 401 g/mol. The number of amides is 1. The number of oxime groups is 1. The fourth-order valence-electron chi connectivity index (χ4n) is 3.21. The Morgan fingerprint density at radius 3 is 2.57 bits per heavy atom. The van der Waals surface area contributed by atoms with Gasteiger partial charge in [-0.2, -0.15) is 0 Å². The summed E-state index contributed by atoms with van der Waals surface area (Å²) < 4.78 is 0. The fourth-order valence-corrected chi connectivity index (χ4v) is 3.33. The van der Waals surface area contributed by atoms with Crippen molar-refractivity contribution in [1.82, 2.24) is 4.90 Å². The van der Waals surface area contributed by atoms with E-state index < -0.39 is 0 Å². The maximum atomic E-state index is 12.0. The second kappa shape index (κ2) is 10.1.